The average Bonchev–Trinajstić information content (AvgIpc) is 2.46. The minimum Gasteiger partial charge on any atom is -0.379 e. The first-order chi connectivity index (χ1) is 10.2. The van der Waals surface area contributed by atoms with Crippen molar-refractivity contribution in [2.75, 3.05) is 13.2 Å². The van der Waals surface area contributed by atoms with E-state index in [0.717, 1.165) is 12.0 Å². The topological polar surface area (TPSA) is 55.4 Å². The monoisotopic (exact) mass is 327 g/mol. The summed E-state index contributed by atoms with van der Waals surface area (Å²) in [5, 5.41) is 0. The summed E-state index contributed by atoms with van der Waals surface area (Å²) in [6.45, 7) is 11.3. The molecule has 0 saturated heterocycles. The van der Waals surface area contributed by atoms with Crippen LogP contribution in [-0.2, 0) is 20.2 Å². The van der Waals surface area contributed by atoms with Gasteiger partial charge in [-0.25, -0.2) is 13.1 Å². The van der Waals surface area contributed by atoms with E-state index in [-0.39, 0.29) is 11.5 Å². The van der Waals surface area contributed by atoms with Gasteiger partial charge in [-0.1, -0.05) is 32.9 Å². The lowest BCUT2D eigenvalue weighted by Gasteiger charge is -2.23. The van der Waals surface area contributed by atoms with E-state index in [1.807, 2.05) is 26.0 Å². The number of ether oxygens (including phenoxy) is 1. The van der Waals surface area contributed by atoms with Crippen molar-refractivity contribution in [3.8, 4) is 0 Å². The minimum absolute atomic E-state index is 0.0594. The molecule has 0 radical (unpaired) electrons. The summed E-state index contributed by atoms with van der Waals surface area (Å²) in [5.74, 6) is 0. The van der Waals surface area contributed by atoms with Crippen molar-refractivity contribution in [2.45, 2.75) is 63.9 Å². The fraction of sp³-hybridized carbons (Fsp3) is 0.647. The van der Waals surface area contributed by atoms with E-state index in [1.54, 1.807) is 12.1 Å². The number of benzene rings is 1. The summed E-state index contributed by atoms with van der Waals surface area (Å²) in [4.78, 5) is 0.313. The van der Waals surface area contributed by atoms with Crippen molar-refractivity contribution in [3.63, 3.8) is 0 Å². The quantitative estimate of drug-likeness (QED) is 0.707. The standard InChI is InChI=1S/C17H29NO3S/c1-6-17(4,5)15-8-10-16(11-9-15)22(19,20)18-12-7-13-21-14(2)3/h8-11,14,18H,6-7,12-13H2,1-5H3. The summed E-state index contributed by atoms with van der Waals surface area (Å²) in [5.41, 5.74) is 1.21. The SMILES string of the molecule is CCC(C)(C)c1ccc(S(=O)(=O)NCCCOC(C)C)cc1. The molecular formula is C17H29NO3S. The molecule has 0 aliphatic rings. The second-order valence-electron chi connectivity index (χ2n) is 6.43. The van der Waals surface area contributed by atoms with Crippen LogP contribution in [0.4, 0.5) is 0 Å². The van der Waals surface area contributed by atoms with Gasteiger partial charge < -0.3 is 4.74 Å². The second kappa shape index (κ2) is 8.09. The van der Waals surface area contributed by atoms with Gasteiger partial charge in [0.15, 0.2) is 0 Å². The molecule has 0 saturated carbocycles. The highest BCUT2D eigenvalue weighted by Crippen LogP contribution is 2.27. The fourth-order valence-electron chi connectivity index (χ4n) is 1.97. The van der Waals surface area contributed by atoms with E-state index >= 15 is 0 Å². The van der Waals surface area contributed by atoms with E-state index in [9.17, 15) is 8.42 Å². The van der Waals surface area contributed by atoms with E-state index in [2.05, 4.69) is 25.5 Å². The molecule has 0 aromatic heterocycles. The molecule has 0 amide bonds. The normalized spacial score (nSPS) is 12.8. The third-order valence-electron chi connectivity index (χ3n) is 3.89. The average molecular weight is 327 g/mol. The first-order valence-corrected chi connectivity index (χ1v) is 9.39. The van der Waals surface area contributed by atoms with Crippen LogP contribution in [0.2, 0.25) is 0 Å². The Morgan fingerprint density at radius 3 is 2.27 bits per heavy atom. The van der Waals surface area contributed by atoms with Crippen LogP contribution in [0.3, 0.4) is 0 Å². The van der Waals surface area contributed by atoms with Crippen LogP contribution in [0.25, 0.3) is 0 Å². The molecule has 0 unspecified atom stereocenters. The van der Waals surface area contributed by atoms with Gasteiger partial charge in [-0.3, -0.25) is 0 Å². The van der Waals surface area contributed by atoms with Gasteiger partial charge in [0, 0.05) is 13.2 Å². The van der Waals surface area contributed by atoms with Crippen molar-refractivity contribution in [1.29, 1.82) is 0 Å². The van der Waals surface area contributed by atoms with Gasteiger partial charge in [0.2, 0.25) is 10.0 Å². The highest BCUT2D eigenvalue weighted by atomic mass is 32.2. The number of hydrogen-bond acceptors (Lipinski definition) is 3. The third kappa shape index (κ3) is 5.71. The highest BCUT2D eigenvalue weighted by molar-refractivity contribution is 7.89. The van der Waals surface area contributed by atoms with Crippen LogP contribution in [0.1, 0.15) is 53.0 Å². The van der Waals surface area contributed by atoms with Crippen molar-refractivity contribution in [2.24, 2.45) is 0 Å². The van der Waals surface area contributed by atoms with Gasteiger partial charge in [0.05, 0.1) is 11.0 Å². The number of hydrogen-bond donors (Lipinski definition) is 1. The maximum absolute atomic E-state index is 12.2. The molecule has 1 aromatic rings. The molecule has 126 valence electrons. The molecule has 0 heterocycles. The highest BCUT2D eigenvalue weighted by Gasteiger charge is 2.19. The number of sulfonamides is 1. The Morgan fingerprint density at radius 2 is 1.77 bits per heavy atom. The van der Waals surface area contributed by atoms with Gasteiger partial charge in [0.1, 0.15) is 0 Å². The van der Waals surface area contributed by atoms with Crippen LogP contribution in [0.15, 0.2) is 29.2 Å². The maximum atomic E-state index is 12.2. The molecule has 22 heavy (non-hydrogen) atoms. The predicted octanol–water partition coefficient (Wildman–Crippen LogP) is 3.47. The van der Waals surface area contributed by atoms with Crippen molar-refractivity contribution >= 4 is 10.0 Å². The van der Waals surface area contributed by atoms with Gasteiger partial charge in [-0.15, -0.1) is 0 Å². The van der Waals surface area contributed by atoms with Gasteiger partial charge in [-0.05, 0) is 49.8 Å². The predicted molar refractivity (Wildman–Crippen MR) is 90.7 cm³/mol. The number of rotatable bonds is 9. The van der Waals surface area contributed by atoms with Crippen molar-refractivity contribution < 1.29 is 13.2 Å². The Bertz CT molecular complexity index is 548. The van der Waals surface area contributed by atoms with Crippen molar-refractivity contribution in [3.05, 3.63) is 29.8 Å². The van der Waals surface area contributed by atoms with E-state index in [0.29, 0.717) is 24.5 Å². The van der Waals surface area contributed by atoms with Crippen LogP contribution in [-0.4, -0.2) is 27.7 Å². The zero-order valence-corrected chi connectivity index (χ0v) is 15.2. The van der Waals surface area contributed by atoms with E-state index < -0.39 is 10.0 Å². The Kier molecular flexibility index (Phi) is 7.03. The summed E-state index contributed by atoms with van der Waals surface area (Å²) < 4.78 is 32.4. The van der Waals surface area contributed by atoms with Crippen molar-refractivity contribution in [1.82, 2.24) is 4.72 Å². The molecule has 0 spiro atoms. The molecule has 1 rings (SSSR count). The second-order valence-corrected chi connectivity index (χ2v) is 8.20. The Morgan fingerprint density at radius 1 is 1.18 bits per heavy atom. The van der Waals surface area contributed by atoms with Crippen LogP contribution < -0.4 is 4.72 Å². The third-order valence-corrected chi connectivity index (χ3v) is 5.37. The largest absolute Gasteiger partial charge is 0.379 e. The lowest BCUT2D eigenvalue weighted by Crippen LogP contribution is -2.26. The maximum Gasteiger partial charge on any atom is 0.240 e. The molecule has 0 aliphatic heterocycles. The van der Waals surface area contributed by atoms with Gasteiger partial charge in [0.25, 0.3) is 0 Å². The van der Waals surface area contributed by atoms with Crippen LogP contribution >= 0.6 is 0 Å². The van der Waals surface area contributed by atoms with Gasteiger partial charge in [-0.2, -0.15) is 0 Å². The molecule has 5 heteroatoms. The Hall–Kier alpha value is -0.910. The van der Waals surface area contributed by atoms with Crippen LogP contribution in [0, 0.1) is 0 Å². The summed E-state index contributed by atoms with van der Waals surface area (Å²) in [7, 11) is -3.44. The van der Waals surface area contributed by atoms with Crippen LogP contribution in [0.5, 0.6) is 0 Å². The van der Waals surface area contributed by atoms with E-state index in [1.165, 1.54) is 0 Å². The Balaban J connectivity index is 2.62. The fourth-order valence-corrected chi connectivity index (χ4v) is 3.04. The summed E-state index contributed by atoms with van der Waals surface area (Å²) in [6.07, 6.45) is 1.84. The number of nitrogens with one attached hydrogen (secondary N) is 1. The first kappa shape index (κ1) is 19.1. The summed E-state index contributed by atoms with van der Waals surface area (Å²) >= 11 is 0. The minimum atomic E-state index is -3.44. The van der Waals surface area contributed by atoms with E-state index in [4.69, 9.17) is 4.74 Å². The lowest BCUT2D eigenvalue weighted by molar-refractivity contribution is 0.0778. The molecule has 0 fully saturated rings. The Labute approximate surface area is 135 Å². The first-order valence-electron chi connectivity index (χ1n) is 7.91. The molecule has 0 aliphatic carbocycles. The molecule has 0 bridgehead atoms. The zero-order chi connectivity index (χ0) is 16.8. The zero-order valence-electron chi connectivity index (χ0n) is 14.3. The smallest absolute Gasteiger partial charge is 0.240 e. The molecule has 1 aromatic carbocycles. The molecule has 1 N–H and O–H groups in total. The molecule has 0 atom stereocenters. The molecule has 4 nitrogen and oxygen atoms in total. The van der Waals surface area contributed by atoms with Gasteiger partial charge >= 0.3 is 0 Å². The molecular weight excluding hydrogens is 298 g/mol. The summed E-state index contributed by atoms with van der Waals surface area (Å²) in [6, 6.07) is 7.17. The lowest BCUT2D eigenvalue weighted by atomic mass is 9.82.